The summed E-state index contributed by atoms with van der Waals surface area (Å²) in [4.78, 5) is 0.0656. The van der Waals surface area contributed by atoms with Gasteiger partial charge in [0.15, 0.2) is 11.5 Å². The number of nitriles is 1. The number of rotatable bonds is 6. The summed E-state index contributed by atoms with van der Waals surface area (Å²) in [7, 11) is 1.58. The first kappa shape index (κ1) is 18.2. The SMILES string of the molecule is COc1cc(C=C(C#N)C(N)=S)cc(I)c1OCc1ccccc1. The highest BCUT2D eigenvalue weighted by Crippen LogP contribution is 2.35. The fourth-order valence-electron chi connectivity index (χ4n) is 2.02. The summed E-state index contributed by atoms with van der Waals surface area (Å²) in [5.74, 6) is 1.25. The van der Waals surface area contributed by atoms with Crippen LogP contribution in [0.1, 0.15) is 11.1 Å². The maximum atomic E-state index is 9.07. The van der Waals surface area contributed by atoms with E-state index in [4.69, 9.17) is 32.7 Å². The highest BCUT2D eigenvalue weighted by molar-refractivity contribution is 14.1. The standard InChI is InChI=1S/C18H15IN2O2S/c1-22-16-9-13(7-14(10-20)18(21)24)8-15(19)17(16)23-11-12-5-3-2-4-6-12/h2-9H,11H2,1H3,(H2,21,24). The Morgan fingerprint density at radius 2 is 2.04 bits per heavy atom. The topological polar surface area (TPSA) is 68.3 Å². The number of hydrogen-bond acceptors (Lipinski definition) is 4. The molecule has 0 unspecified atom stereocenters. The van der Waals surface area contributed by atoms with Gasteiger partial charge >= 0.3 is 0 Å². The molecule has 0 saturated carbocycles. The Hall–Kier alpha value is -2.11. The third kappa shape index (κ3) is 4.69. The number of nitrogens with zero attached hydrogens (tertiary/aromatic N) is 1. The number of nitrogens with two attached hydrogens (primary N) is 1. The van der Waals surface area contributed by atoms with Crippen LogP contribution in [0, 0.1) is 14.9 Å². The predicted octanol–water partition coefficient (Wildman–Crippen LogP) is 4.07. The average Bonchev–Trinajstić information content (AvgIpc) is 2.58. The lowest BCUT2D eigenvalue weighted by atomic mass is 10.1. The number of benzene rings is 2. The number of halogens is 1. The molecule has 2 aromatic carbocycles. The third-order valence-corrected chi connectivity index (χ3v) is 4.20. The van der Waals surface area contributed by atoms with Crippen LogP contribution in [0.4, 0.5) is 0 Å². The summed E-state index contributed by atoms with van der Waals surface area (Å²) in [5, 5.41) is 9.07. The Labute approximate surface area is 160 Å². The Morgan fingerprint density at radius 1 is 1.33 bits per heavy atom. The maximum absolute atomic E-state index is 9.07. The fourth-order valence-corrected chi connectivity index (χ4v) is 2.90. The number of ether oxygens (including phenoxy) is 2. The molecule has 122 valence electrons. The minimum atomic E-state index is 0.0656. The van der Waals surface area contributed by atoms with Crippen molar-refractivity contribution in [3.05, 3.63) is 62.7 Å². The van der Waals surface area contributed by atoms with E-state index >= 15 is 0 Å². The molecule has 2 rings (SSSR count). The lowest BCUT2D eigenvalue weighted by Gasteiger charge is -2.14. The lowest BCUT2D eigenvalue weighted by Crippen LogP contribution is -2.09. The molecule has 2 aromatic rings. The van der Waals surface area contributed by atoms with Crippen LogP contribution < -0.4 is 15.2 Å². The van der Waals surface area contributed by atoms with Gasteiger partial charge in [0, 0.05) is 0 Å². The van der Waals surface area contributed by atoms with Gasteiger partial charge in [0.25, 0.3) is 0 Å². The van der Waals surface area contributed by atoms with Gasteiger partial charge in [0.1, 0.15) is 17.7 Å². The van der Waals surface area contributed by atoms with E-state index in [-0.39, 0.29) is 10.6 Å². The van der Waals surface area contributed by atoms with E-state index in [1.54, 1.807) is 19.3 Å². The highest BCUT2D eigenvalue weighted by atomic mass is 127. The van der Waals surface area contributed by atoms with Crippen molar-refractivity contribution in [2.24, 2.45) is 5.73 Å². The first-order valence-corrected chi connectivity index (χ1v) is 8.49. The van der Waals surface area contributed by atoms with E-state index in [0.29, 0.717) is 18.1 Å². The van der Waals surface area contributed by atoms with Gasteiger partial charge in [-0.15, -0.1) is 0 Å². The van der Waals surface area contributed by atoms with Crippen LogP contribution in [-0.4, -0.2) is 12.1 Å². The zero-order valence-electron chi connectivity index (χ0n) is 13.0. The van der Waals surface area contributed by atoms with Crippen molar-refractivity contribution in [2.45, 2.75) is 6.61 Å². The molecule has 0 amide bonds. The van der Waals surface area contributed by atoms with E-state index in [1.807, 2.05) is 42.5 Å². The van der Waals surface area contributed by atoms with Crippen LogP contribution in [0.5, 0.6) is 11.5 Å². The van der Waals surface area contributed by atoms with Crippen LogP contribution >= 0.6 is 34.8 Å². The maximum Gasteiger partial charge on any atom is 0.174 e. The van der Waals surface area contributed by atoms with Crippen molar-refractivity contribution in [1.29, 1.82) is 5.26 Å². The predicted molar refractivity (Wildman–Crippen MR) is 107 cm³/mol. The lowest BCUT2D eigenvalue weighted by molar-refractivity contribution is 0.282. The quantitative estimate of drug-likeness (QED) is 0.311. The van der Waals surface area contributed by atoms with E-state index in [9.17, 15) is 0 Å². The third-order valence-electron chi connectivity index (χ3n) is 3.17. The number of methoxy groups -OCH3 is 1. The smallest absolute Gasteiger partial charge is 0.174 e. The van der Waals surface area contributed by atoms with Crippen molar-refractivity contribution in [2.75, 3.05) is 7.11 Å². The number of hydrogen-bond donors (Lipinski definition) is 1. The van der Waals surface area contributed by atoms with Crippen LogP contribution in [0.2, 0.25) is 0 Å². The fraction of sp³-hybridized carbons (Fsp3) is 0.111. The monoisotopic (exact) mass is 450 g/mol. The summed E-state index contributed by atoms with van der Waals surface area (Å²) < 4.78 is 12.2. The summed E-state index contributed by atoms with van der Waals surface area (Å²) in [5.41, 5.74) is 7.62. The van der Waals surface area contributed by atoms with Crippen LogP contribution in [0.15, 0.2) is 48.0 Å². The molecule has 24 heavy (non-hydrogen) atoms. The molecule has 0 aliphatic heterocycles. The summed E-state index contributed by atoms with van der Waals surface area (Å²) in [6.07, 6.45) is 1.63. The molecular formula is C18H15IN2O2S. The molecule has 0 aromatic heterocycles. The molecule has 0 radical (unpaired) electrons. The van der Waals surface area contributed by atoms with Crippen LogP contribution in [-0.2, 0) is 6.61 Å². The first-order valence-electron chi connectivity index (χ1n) is 7.01. The van der Waals surface area contributed by atoms with Crippen molar-refractivity contribution in [3.8, 4) is 17.6 Å². The molecule has 0 bridgehead atoms. The summed E-state index contributed by atoms with van der Waals surface area (Å²) in [6, 6.07) is 15.6. The molecule has 6 heteroatoms. The van der Waals surface area contributed by atoms with Gasteiger partial charge in [-0.2, -0.15) is 5.26 Å². The summed E-state index contributed by atoms with van der Waals surface area (Å²) in [6.45, 7) is 0.443. The van der Waals surface area contributed by atoms with E-state index in [1.165, 1.54) is 0 Å². The van der Waals surface area contributed by atoms with Gasteiger partial charge in [-0.1, -0.05) is 42.5 Å². The molecule has 2 N–H and O–H groups in total. The Kier molecular flexibility index (Phi) is 6.58. The first-order chi connectivity index (χ1) is 11.5. The molecule has 0 spiro atoms. The van der Waals surface area contributed by atoms with Crippen molar-refractivity contribution in [1.82, 2.24) is 0 Å². The zero-order valence-corrected chi connectivity index (χ0v) is 15.9. The molecule has 0 aliphatic carbocycles. The summed E-state index contributed by atoms with van der Waals surface area (Å²) >= 11 is 7.03. The van der Waals surface area contributed by atoms with E-state index < -0.39 is 0 Å². The van der Waals surface area contributed by atoms with Gasteiger partial charge in [-0.25, -0.2) is 0 Å². The van der Waals surface area contributed by atoms with Crippen LogP contribution in [0.3, 0.4) is 0 Å². The van der Waals surface area contributed by atoms with Crippen molar-refractivity contribution >= 4 is 45.9 Å². The zero-order chi connectivity index (χ0) is 17.5. The normalized spacial score (nSPS) is 10.8. The van der Waals surface area contributed by atoms with Crippen LogP contribution in [0.25, 0.3) is 6.08 Å². The van der Waals surface area contributed by atoms with Gasteiger partial charge in [-0.05, 0) is 51.9 Å². The second-order valence-corrected chi connectivity index (χ2v) is 6.44. The Bertz CT molecular complexity index is 814. The molecule has 0 aliphatic rings. The van der Waals surface area contributed by atoms with Gasteiger partial charge in [-0.3, -0.25) is 0 Å². The molecule has 0 atom stereocenters. The minimum Gasteiger partial charge on any atom is -0.493 e. The van der Waals surface area contributed by atoms with Gasteiger partial charge in [0.2, 0.25) is 0 Å². The molecule has 0 heterocycles. The Morgan fingerprint density at radius 3 is 2.62 bits per heavy atom. The van der Waals surface area contributed by atoms with Crippen molar-refractivity contribution in [3.63, 3.8) is 0 Å². The van der Waals surface area contributed by atoms with Crippen molar-refractivity contribution < 1.29 is 9.47 Å². The Balaban J connectivity index is 2.31. The minimum absolute atomic E-state index is 0.0656. The average molecular weight is 450 g/mol. The molecule has 0 saturated heterocycles. The van der Waals surface area contributed by atoms with Gasteiger partial charge < -0.3 is 15.2 Å². The number of thiocarbonyl (C=S) groups is 1. The molecule has 4 nitrogen and oxygen atoms in total. The molecule has 0 fully saturated rings. The van der Waals surface area contributed by atoms with Gasteiger partial charge in [0.05, 0.1) is 16.3 Å². The highest BCUT2D eigenvalue weighted by Gasteiger charge is 2.12. The van der Waals surface area contributed by atoms with E-state index in [2.05, 4.69) is 22.6 Å². The second-order valence-electron chi connectivity index (χ2n) is 4.84. The second kappa shape index (κ2) is 8.66. The van der Waals surface area contributed by atoms with E-state index in [0.717, 1.165) is 14.7 Å². The largest absolute Gasteiger partial charge is 0.493 e. The molecular weight excluding hydrogens is 435 g/mol.